The average Bonchev–Trinajstić information content (AvgIpc) is 3.67. The second-order valence-electron chi connectivity index (χ2n) is 11.7. The molecule has 0 N–H and O–H groups in total. The molecule has 0 atom stereocenters. The van der Waals surface area contributed by atoms with Crippen LogP contribution in [-0.2, 0) is 6.42 Å². The Balaban J connectivity index is 1.09. The van der Waals surface area contributed by atoms with Gasteiger partial charge in [-0.05, 0) is 97.4 Å². The number of thiophene rings is 1. The van der Waals surface area contributed by atoms with Gasteiger partial charge in [-0.15, -0.1) is 11.3 Å². The normalized spacial score (nSPS) is 12.0. The number of rotatable bonds is 4. The number of hydrogen-bond donors (Lipinski definition) is 0. The zero-order valence-corrected chi connectivity index (χ0v) is 24.9. The third-order valence-corrected chi connectivity index (χ3v) is 10.3. The molecule has 0 bridgehead atoms. The van der Waals surface area contributed by atoms with Gasteiger partial charge in [-0.25, -0.2) is 0 Å². The molecule has 0 nitrogen and oxygen atoms in total. The molecule has 8 aromatic rings. The van der Waals surface area contributed by atoms with Crippen LogP contribution < -0.4 is 0 Å². The first-order chi connectivity index (χ1) is 21.8. The molecule has 1 aromatic heterocycles. The summed E-state index contributed by atoms with van der Waals surface area (Å²) in [6.45, 7) is 0. The summed E-state index contributed by atoms with van der Waals surface area (Å²) in [6, 6.07) is 58.0. The fourth-order valence-corrected chi connectivity index (χ4v) is 8.11. The van der Waals surface area contributed by atoms with Crippen molar-refractivity contribution in [3.05, 3.63) is 169 Å². The summed E-state index contributed by atoms with van der Waals surface area (Å²) in [5, 5.41) is 2.70. The second kappa shape index (κ2) is 10.2. The number of hydrogen-bond acceptors (Lipinski definition) is 1. The highest BCUT2D eigenvalue weighted by Gasteiger charge is 2.24. The van der Waals surface area contributed by atoms with E-state index in [2.05, 4.69) is 158 Å². The van der Waals surface area contributed by atoms with E-state index in [4.69, 9.17) is 0 Å². The number of benzene rings is 7. The van der Waals surface area contributed by atoms with Crippen molar-refractivity contribution < 1.29 is 0 Å². The van der Waals surface area contributed by atoms with Crippen LogP contribution in [0.15, 0.2) is 158 Å². The molecule has 0 radical (unpaired) electrons. The van der Waals surface area contributed by atoms with Crippen molar-refractivity contribution in [2.75, 3.05) is 0 Å². The van der Waals surface area contributed by atoms with Crippen LogP contribution in [0.4, 0.5) is 0 Å². The van der Waals surface area contributed by atoms with Crippen LogP contribution >= 0.6 is 11.3 Å². The van der Waals surface area contributed by atoms with Crippen molar-refractivity contribution in [2.24, 2.45) is 0 Å². The molecule has 9 rings (SSSR count). The van der Waals surface area contributed by atoms with E-state index in [1.807, 2.05) is 11.3 Å². The Bertz CT molecular complexity index is 2340. The minimum absolute atomic E-state index is 0.940. The first-order valence-corrected chi connectivity index (χ1v) is 16.0. The van der Waals surface area contributed by atoms with Gasteiger partial charge in [0.15, 0.2) is 0 Å². The van der Waals surface area contributed by atoms with E-state index < -0.39 is 0 Å². The predicted octanol–water partition coefficient (Wildman–Crippen LogP) is 12.3. The Morgan fingerprint density at radius 3 is 1.57 bits per heavy atom. The van der Waals surface area contributed by atoms with E-state index in [1.165, 1.54) is 86.9 Å². The van der Waals surface area contributed by atoms with Crippen molar-refractivity contribution >= 4 is 31.5 Å². The SMILES string of the molecule is c1ccc(-c2ccc(-c3cccc(-c4cccc5c4Cc4c(-c6ccc7sc8ccccc8c7c6)cccc4-5)c3)cc2)cc1. The summed E-state index contributed by atoms with van der Waals surface area (Å²) in [5.74, 6) is 0. The van der Waals surface area contributed by atoms with Crippen molar-refractivity contribution in [3.63, 3.8) is 0 Å². The first kappa shape index (κ1) is 25.3. The van der Waals surface area contributed by atoms with Gasteiger partial charge in [0.1, 0.15) is 0 Å². The van der Waals surface area contributed by atoms with Gasteiger partial charge in [0.2, 0.25) is 0 Å². The van der Waals surface area contributed by atoms with E-state index in [-0.39, 0.29) is 0 Å². The smallest absolute Gasteiger partial charge is 0.0355 e. The molecule has 1 aliphatic rings. The Kier molecular flexibility index (Phi) is 5.85. The minimum Gasteiger partial charge on any atom is -0.135 e. The molecule has 0 fully saturated rings. The lowest BCUT2D eigenvalue weighted by Crippen LogP contribution is -1.90. The largest absolute Gasteiger partial charge is 0.135 e. The predicted molar refractivity (Wildman–Crippen MR) is 189 cm³/mol. The Hall–Kier alpha value is -5.24. The molecular weight excluding hydrogens is 549 g/mol. The summed E-state index contributed by atoms with van der Waals surface area (Å²) in [5.41, 5.74) is 15.8. The third kappa shape index (κ3) is 4.12. The van der Waals surface area contributed by atoms with Crippen molar-refractivity contribution in [1.29, 1.82) is 0 Å². The minimum atomic E-state index is 0.940. The van der Waals surface area contributed by atoms with Crippen LogP contribution in [0.5, 0.6) is 0 Å². The summed E-state index contributed by atoms with van der Waals surface area (Å²) in [4.78, 5) is 0. The molecule has 1 aliphatic carbocycles. The number of fused-ring (bicyclic) bond motifs is 6. The van der Waals surface area contributed by atoms with E-state index in [9.17, 15) is 0 Å². The first-order valence-electron chi connectivity index (χ1n) is 15.2. The molecule has 7 aromatic carbocycles. The standard InChI is InChI=1S/C43H28S/c1-2-9-28(10-3-1)29-19-21-30(22-20-29)31-11-6-12-32(25-31)34-14-7-16-36-37-17-8-15-35(40(37)27-39(34)36)33-23-24-43-41(26-33)38-13-4-5-18-42(38)44-43/h1-26H,27H2. The highest BCUT2D eigenvalue weighted by Crippen LogP contribution is 2.46. The molecule has 0 amide bonds. The zero-order chi connectivity index (χ0) is 29.0. The molecule has 0 spiro atoms. The maximum atomic E-state index is 2.40. The van der Waals surface area contributed by atoms with Crippen LogP contribution in [0, 0.1) is 0 Å². The van der Waals surface area contributed by atoms with Crippen LogP contribution in [0.2, 0.25) is 0 Å². The van der Waals surface area contributed by atoms with E-state index in [0.717, 1.165) is 6.42 Å². The summed E-state index contributed by atoms with van der Waals surface area (Å²) in [6.07, 6.45) is 0.940. The summed E-state index contributed by atoms with van der Waals surface area (Å²) >= 11 is 1.88. The van der Waals surface area contributed by atoms with Crippen molar-refractivity contribution in [1.82, 2.24) is 0 Å². The fourth-order valence-electron chi connectivity index (χ4n) is 7.02. The van der Waals surface area contributed by atoms with E-state index in [0.29, 0.717) is 0 Å². The highest BCUT2D eigenvalue weighted by atomic mass is 32.1. The van der Waals surface area contributed by atoms with Gasteiger partial charge in [-0.1, -0.05) is 133 Å². The highest BCUT2D eigenvalue weighted by molar-refractivity contribution is 7.25. The van der Waals surface area contributed by atoms with Gasteiger partial charge in [0, 0.05) is 20.2 Å². The van der Waals surface area contributed by atoms with Crippen LogP contribution in [0.25, 0.3) is 75.8 Å². The Morgan fingerprint density at radius 2 is 0.818 bits per heavy atom. The zero-order valence-electron chi connectivity index (χ0n) is 24.1. The lowest BCUT2D eigenvalue weighted by Gasteiger charge is -2.11. The lowest BCUT2D eigenvalue weighted by atomic mass is 9.93. The monoisotopic (exact) mass is 576 g/mol. The fraction of sp³-hybridized carbons (Fsp3) is 0.0233. The van der Waals surface area contributed by atoms with Gasteiger partial charge in [-0.2, -0.15) is 0 Å². The van der Waals surface area contributed by atoms with Crippen LogP contribution in [0.3, 0.4) is 0 Å². The summed E-state index contributed by atoms with van der Waals surface area (Å²) in [7, 11) is 0. The Labute approximate surface area is 261 Å². The van der Waals surface area contributed by atoms with Gasteiger partial charge >= 0.3 is 0 Å². The van der Waals surface area contributed by atoms with Crippen molar-refractivity contribution in [2.45, 2.75) is 6.42 Å². The Morgan fingerprint density at radius 1 is 0.318 bits per heavy atom. The maximum Gasteiger partial charge on any atom is 0.0355 e. The molecule has 0 saturated heterocycles. The van der Waals surface area contributed by atoms with E-state index >= 15 is 0 Å². The molecule has 1 heteroatoms. The van der Waals surface area contributed by atoms with Gasteiger partial charge < -0.3 is 0 Å². The lowest BCUT2D eigenvalue weighted by molar-refractivity contribution is 1.26. The second-order valence-corrected chi connectivity index (χ2v) is 12.8. The molecule has 0 saturated carbocycles. The third-order valence-electron chi connectivity index (χ3n) is 9.18. The quantitative estimate of drug-likeness (QED) is 0.195. The molecule has 0 aliphatic heterocycles. The topological polar surface area (TPSA) is 0 Å². The summed E-state index contributed by atoms with van der Waals surface area (Å²) < 4.78 is 2.70. The average molecular weight is 577 g/mol. The van der Waals surface area contributed by atoms with E-state index in [1.54, 1.807) is 0 Å². The molecule has 44 heavy (non-hydrogen) atoms. The molecule has 206 valence electrons. The van der Waals surface area contributed by atoms with Crippen LogP contribution in [0.1, 0.15) is 11.1 Å². The van der Waals surface area contributed by atoms with Gasteiger partial charge in [0.25, 0.3) is 0 Å². The molecule has 1 heterocycles. The van der Waals surface area contributed by atoms with Crippen LogP contribution in [-0.4, -0.2) is 0 Å². The van der Waals surface area contributed by atoms with Gasteiger partial charge in [0.05, 0.1) is 0 Å². The molecule has 0 unspecified atom stereocenters. The van der Waals surface area contributed by atoms with Crippen molar-refractivity contribution in [3.8, 4) is 55.6 Å². The maximum absolute atomic E-state index is 2.40. The van der Waals surface area contributed by atoms with Gasteiger partial charge in [-0.3, -0.25) is 0 Å². The molecular formula is C43H28S.